The van der Waals surface area contributed by atoms with Gasteiger partial charge in [-0.1, -0.05) is 0 Å². The minimum atomic E-state index is -0.812. The van der Waals surface area contributed by atoms with Crippen molar-refractivity contribution in [3.05, 3.63) is 21.6 Å². The molecule has 1 atom stereocenters. The van der Waals surface area contributed by atoms with E-state index in [2.05, 4.69) is 4.98 Å². The lowest BCUT2D eigenvalue weighted by atomic mass is 10.1. The molecular weight excluding hydrogens is 264 g/mol. The highest BCUT2D eigenvalue weighted by molar-refractivity contribution is 5.29. The lowest BCUT2D eigenvalue weighted by Crippen LogP contribution is -2.44. The van der Waals surface area contributed by atoms with Gasteiger partial charge in [-0.2, -0.15) is 0 Å². The number of likely N-dealkylation sites (tertiary alicyclic amines) is 1. The van der Waals surface area contributed by atoms with Crippen molar-refractivity contribution >= 4 is 5.82 Å². The molecule has 1 saturated heterocycles. The normalized spacial score (nSPS) is 19.2. The zero-order valence-corrected chi connectivity index (χ0v) is 11.7. The number of aromatic nitrogens is 2. The van der Waals surface area contributed by atoms with Crippen LogP contribution in [0.15, 0.2) is 0 Å². The van der Waals surface area contributed by atoms with Crippen LogP contribution < -0.4 is 0 Å². The first-order chi connectivity index (χ1) is 9.40. The van der Waals surface area contributed by atoms with E-state index in [1.807, 2.05) is 4.90 Å². The Labute approximate surface area is 116 Å². The zero-order chi connectivity index (χ0) is 14.9. The van der Waals surface area contributed by atoms with Crippen molar-refractivity contribution in [2.24, 2.45) is 0 Å². The van der Waals surface area contributed by atoms with Crippen LogP contribution in [-0.4, -0.2) is 55.0 Å². The van der Waals surface area contributed by atoms with E-state index in [0.717, 1.165) is 0 Å². The van der Waals surface area contributed by atoms with Crippen molar-refractivity contribution in [3.8, 4) is 0 Å². The molecule has 0 amide bonds. The van der Waals surface area contributed by atoms with Gasteiger partial charge in [-0.25, -0.2) is 9.55 Å². The molecule has 8 heteroatoms. The number of rotatable bonds is 4. The molecule has 8 nitrogen and oxygen atoms in total. The maximum atomic E-state index is 11.1. The van der Waals surface area contributed by atoms with Gasteiger partial charge in [0.25, 0.3) is 0 Å². The van der Waals surface area contributed by atoms with Gasteiger partial charge in [0, 0.05) is 20.0 Å². The van der Waals surface area contributed by atoms with Crippen LogP contribution >= 0.6 is 0 Å². The molecule has 0 spiro atoms. The fourth-order valence-electron chi connectivity index (χ4n) is 2.61. The summed E-state index contributed by atoms with van der Waals surface area (Å²) in [4.78, 5) is 16.5. The second kappa shape index (κ2) is 5.86. The molecule has 112 valence electrons. The van der Waals surface area contributed by atoms with E-state index in [9.17, 15) is 20.3 Å². The van der Waals surface area contributed by atoms with Gasteiger partial charge >= 0.3 is 5.82 Å². The molecule has 2 rings (SSSR count). The van der Waals surface area contributed by atoms with Crippen LogP contribution in [0.1, 0.15) is 24.4 Å². The molecule has 0 aromatic carbocycles. The lowest BCUT2D eigenvalue weighted by molar-refractivity contribution is -0.393. The molecule has 2 N–H and O–H groups in total. The third-order valence-electron chi connectivity index (χ3n) is 3.74. The average molecular weight is 284 g/mol. The van der Waals surface area contributed by atoms with Gasteiger partial charge in [0.05, 0.1) is 6.10 Å². The number of aryl methyl sites for hydroxylation is 2. The Balaban J connectivity index is 2.11. The van der Waals surface area contributed by atoms with Gasteiger partial charge in [-0.05, 0) is 24.7 Å². The SMILES string of the molecule is Cc1nc(C)n(CC(O)N2CCC(O)CC2)c1[N+](=O)[O-]. The van der Waals surface area contributed by atoms with Crippen molar-refractivity contribution in [3.63, 3.8) is 0 Å². The van der Waals surface area contributed by atoms with Crippen LogP contribution in [-0.2, 0) is 6.54 Å². The first-order valence-corrected chi connectivity index (χ1v) is 6.68. The van der Waals surface area contributed by atoms with Gasteiger partial charge in [-0.15, -0.1) is 0 Å². The smallest absolute Gasteiger partial charge is 0.345 e. The number of piperidine rings is 1. The van der Waals surface area contributed by atoms with Crippen molar-refractivity contribution in [1.29, 1.82) is 0 Å². The number of hydrogen-bond acceptors (Lipinski definition) is 6. The van der Waals surface area contributed by atoms with Gasteiger partial charge < -0.3 is 20.3 Å². The van der Waals surface area contributed by atoms with E-state index in [0.29, 0.717) is 37.4 Å². The molecule has 0 aliphatic carbocycles. The number of nitro groups is 1. The summed E-state index contributed by atoms with van der Waals surface area (Å²) in [7, 11) is 0. The number of nitrogens with zero attached hydrogens (tertiary/aromatic N) is 4. The molecule has 2 heterocycles. The van der Waals surface area contributed by atoms with Crippen molar-refractivity contribution < 1.29 is 15.1 Å². The number of imidazole rings is 1. The van der Waals surface area contributed by atoms with Gasteiger partial charge in [0.2, 0.25) is 0 Å². The average Bonchev–Trinajstić information content (AvgIpc) is 2.64. The monoisotopic (exact) mass is 284 g/mol. The molecule has 0 bridgehead atoms. The first-order valence-electron chi connectivity index (χ1n) is 6.68. The third kappa shape index (κ3) is 2.97. The highest BCUT2D eigenvalue weighted by Gasteiger charge is 2.28. The number of hydrogen-bond donors (Lipinski definition) is 2. The topological polar surface area (TPSA) is 105 Å². The Bertz CT molecular complexity index is 494. The van der Waals surface area contributed by atoms with Gasteiger partial charge in [0.15, 0.2) is 5.82 Å². The first kappa shape index (κ1) is 14.9. The summed E-state index contributed by atoms with van der Waals surface area (Å²) in [6.45, 7) is 4.56. The summed E-state index contributed by atoms with van der Waals surface area (Å²) < 4.78 is 1.44. The number of aliphatic hydroxyl groups excluding tert-OH is 2. The Hall–Kier alpha value is -1.51. The maximum absolute atomic E-state index is 11.1. The predicted octanol–water partition coefficient (Wildman–Crippen LogP) is 0.183. The van der Waals surface area contributed by atoms with Gasteiger partial charge in [-0.3, -0.25) is 4.90 Å². The van der Waals surface area contributed by atoms with Crippen LogP contribution in [0.25, 0.3) is 0 Å². The molecule has 1 aliphatic rings. The van der Waals surface area contributed by atoms with E-state index in [4.69, 9.17) is 0 Å². The maximum Gasteiger partial charge on any atom is 0.345 e. The molecule has 1 fully saturated rings. The van der Waals surface area contributed by atoms with Crippen LogP contribution in [0.5, 0.6) is 0 Å². The van der Waals surface area contributed by atoms with Crippen molar-refractivity contribution in [2.45, 2.75) is 45.6 Å². The molecule has 1 aliphatic heterocycles. The molecule has 20 heavy (non-hydrogen) atoms. The summed E-state index contributed by atoms with van der Waals surface area (Å²) in [5.41, 5.74) is 0.355. The summed E-state index contributed by atoms with van der Waals surface area (Å²) in [5.74, 6) is 0.448. The van der Waals surface area contributed by atoms with Crippen LogP contribution in [0.2, 0.25) is 0 Å². The van der Waals surface area contributed by atoms with E-state index in [1.165, 1.54) is 4.57 Å². The summed E-state index contributed by atoms with van der Waals surface area (Å²) in [6, 6.07) is 0. The highest BCUT2D eigenvalue weighted by atomic mass is 16.6. The van der Waals surface area contributed by atoms with E-state index < -0.39 is 11.2 Å². The van der Waals surface area contributed by atoms with E-state index >= 15 is 0 Å². The quantitative estimate of drug-likeness (QED) is 0.604. The predicted molar refractivity (Wildman–Crippen MR) is 71.2 cm³/mol. The Morgan fingerprint density at radius 1 is 1.45 bits per heavy atom. The molecule has 1 aromatic rings. The molecule has 1 aromatic heterocycles. The Morgan fingerprint density at radius 3 is 2.60 bits per heavy atom. The van der Waals surface area contributed by atoms with E-state index in [1.54, 1.807) is 13.8 Å². The fourth-order valence-corrected chi connectivity index (χ4v) is 2.61. The molecule has 0 saturated carbocycles. The van der Waals surface area contributed by atoms with Crippen LogP contribution in [0, 0.1) is 24.0 Å². The van der Waals surface area contributed by atoms with Gasteiger partial charge in [0.1, 0.15) is 18.5 Å². The van der Waals surface area contributed by atoms with Crippen LogP contribution in [0.4, 0.5) is 5.82 Å². The van der Waals surface area contributed by atoms with Crippen molar-refractivity contribution in [2.75, 3.05) is 13.1 Å². The molecular formula is C12H20N4O4. The third-order valence-corrected chi connectivity index (χ3v) is 3.74. The second-order valence-electron chi connectivity index (χ2n) is 5.18. The zero-order valence-electron chi connectivity index (χ0n) is 11.7. The fraction of sp³-hybridized carbons (Fsp3) is 0.750. The Kier molecular flexibility index (Phi) is 4.36. The van der Waals surface area contributed by atoms with E-state index in [-0.39, 0.29) is 18.5 Å². The largest absolute Gasteiger partial charge is 0.393 e. The number of aliphatic hydroxyl groups is 2. The molecule has 0 radical (unpaired) electrons. The Morgan fingerprint density at radius 2 is 2.05 bits per heavy atom. The summed E-state index contributed by atoms with van der Waals surface area (Å²) >= 11 is 0. The molecule has 1 unspecified atom stereocenters. The summed E-state index contributed by atoms with van der Waals surface area (Å²) in [5, 5.41) is 30.7. The van der Waals surface area contributed by atoms with Crippen molar-refractivity contribution in [1.82, 2.24) is 14.5 Å². The second-order valence-corrected chi connectivity index (χ2v) is 5.18. The van der Waals surface area contributed by atoms with Crippen LogP contribution in [0.3, 0.4) is 0 Å². The summed E-state index contributed by atoms with van der Waals surface area (Å²) in [6.07, 6.45) is 0.0980. The standard InChI is InChI=1S/C12H20N4O4/c1-8-12(16(19)20)15(9(2)13-8)7-11(18)14-5-3-10(17)4-6-14/h10-11,17-18H,3-7H2,1-2H3. The lowest BCUT2D eigenvalue weighted by Gasteiger charge is -2.32. The minimum absolute atomic E-state index is 0.0707. The highest BCUT2D eigenvalue weighted by Crippen LogP contribution is 2.21. The minimum Gasteiger partial charge on any atom is -0.393 e.